The molecule has 294 valence electrons. The molecule has 0 unspecified atom stereocenters. The molecule has 17 heteroatoms. The van der Waals surface area contributed by atoms with Gasteiger partial charge in [0.15, 0.2) is 11.9 Å². The molecule has 4 atom stereocenters. The van der Waals surface area contributed by atoms with Gasteiger partial charge in [0.05, 0.1) is 5.69 Å². The highest BCUT2D eigenvalue weighted by molar-refractivity contribution is 7.09. The van der Waals surface area contributed by atoms with Crippen LogP contribution in [0.1, 0.15) is 49.1 Å². The maximum Gasteiger partial charge on any atom is 0.244 e. The molecule has 5 amide bonds. The quantitative estimate of drug-likeness (QED) is 0.0318. The van der Waals surface area contributed by atoms with Gasteiger partial charge in [-0.3, -0.25) is 29.0 Å². The molecule has 0 aliphatic rings. The predicted octanol–water partition coefficient (Wildman–Crippen LogP) is 0.676. The van der Waals surface area contributed by atoms with Gasteiger partial charge in [-0.15, -0.1) is 11.3 Å². The number of guanidine groups is 2. The topological polar surface area (TPSA) is 288 Å². The SMILES string of the molecule is CC(C)C[C@H](NC(=O)[C@H](Cc1ccc(N=C(N)N)cc1)NC(=O)[C@H](Cc1cccs1)NC(=O)/C=C/c1ccccc1)C(=O)N[C@@H](CCCN=C(N)N)C(N)=O. The van der Waals surface area contributed by atoms with Crippen LogP contribution >= 0.6 is 11.3 Å². The summed E-state index contributed by atoms with van der Waals surface area (Å²) < 4.78 is 0. The summed E-state index contributed by atoms with van der Waals surface area (Å²) in [4.78, 5) is 75.8. The Morgan fingerprint density at radius 3 is 1.91 bits per heavy atom. The fraction of sp³-hybridized carbons (Fsp3) is 0.342. The summed E-state index contributed by atoms with van der Waals surface area (Å²) in [5.74, 6) is -3.49. The molecule has 1 aromatic heterocycles. The van der Waals surface area contributed by atoms with Crippen LogP contribution in [-0.2, 0) is 36.8 Å². The Hall–Kier alpha value is -6.23. The number of rotatable bonds is 21. The van der Waals surface area contributed by atoms with Crippen molar-refractivity contribution in [3.8, 4) is 0 Å². The minimum absolute atomic E-state index is 0.00201. The zero-order valence-electron chi connectivity index (χ0n) is 30.9. The Kier molecular flexibility index (Phi) is 17.3. The summed E-state index contributed by atoms with van der Waals surface area (Å²) in [6, 6.07) is 15.2. The van der Waals surface area contributed by atoms with Gasteiger partial charge >= 0.3 is 0 Å². The minimum atomic E-state index is -1.21. The van der Waals surface area contributed by atoms with E-state index >= 15 is 0 Å². The Labute approximate surface area is 324 Å². The van der Waals surface area contributed by atoms with Gasteiger partial charge in [-0.2, -0.15) is 0 Å². The molecule has 3 rings (SSSR count). The van der Waals surface area contributed by atoms with Crippen molar-refractivity contribution < 1.29 is 24.0 Å². The molecule has 3 aromatic rings. The number of thiophene rings is 1. The number of aliphatic imine (C=N–C) groups is 2. The van der Waals surface area contributed by atoms with E-state index in [1.165, 1.54) is 17.4 Å². The van der Waals surface area contributed by atoms with Crippen LogP contribution in [0.25, 0.3) is 6.08 Å². The molecule has 14 N–H and O–H groups in total. The van der Waals surface area contributed by atoms with Gasteiger partial charge in [-0.05, 0) is 66.0 Å². The number of nitrogens with two attached hydrogens (primary N) is 5. The van der Waals surface area contributed by atoms with Gasteiger partial charge in [0.2, 0.25) is 29.5 Å². The van der Waals surface area contributed by atoms with E-state index in [9.17, 15) is 24.0 Å². The van der Waals surface area contributed by atoms with E-state index in [1.807, 2.05) is 61.7 Å². The molecule has 55 heavy (non-hydrogen) atoms. The summed E-state index contributed by atoms with van der Waals surface area (Å²) in [6.45, 7) is 3.96. The standard InChI is InChI=1S/C38H51N11O5S/c1-23(2)20-29(34(52)47-28(33(39)51)11-6-18-44-37(40)41)48-35(53)30(21-25-12-15-26(16-13-25)45-38(42)43)49-36(54)31(22-27-10-7-19-55-27)46-32(50)17-14-24-8-4-3-5-9-24/h3-5,7-10,12-17,19,23,28-31H,6,11,18,20-22H2,1-2H3,(H2,39,51)(H,46,50)(H,47,52)(H,48,53)(H,49,54)(H4,40,41,44)(H4,42,43,45)/b17-14+/t28-,29-,30-,31-/m0/s1. The van der Waals surface area contributed by atoms with Gasteiger partial charge in [-0.25, -0.2) is 4.99 Å². The maximum absolute atomic E-state index is 14.1. The van der Waals surface area contributed by atoms with Crippen molar-refractivity contribution in [2.45, 2.75) is 70.1 Å². The highest BCUT2D eigenvalue weighted by Gasteiger charge is 2.31. The molecular formula is C38H51N11O5S. The van der Waals surface area contributed by atoms with Crippen LogP contribution in [0.5, 0.6) is 0 Å². The number of carbonyl (C=O) groups excluding carboxylic acids is 5. The molecule has 0 aliphatic carbocycles. The second-order valence-electron chi connectivity index (χ2n) is 13.2. The van der Waals surface area contributed by atoms with Crippen molar-refractivity contribution in [1.82, 2.24) is 21.3 Å². The first-order chi connectivity index (χ1) is 26.2. The van der Waals surface area contributed by atoms with Crippen LogP contribution in [0.3, 0.4) is 0 Å². The Balaban J connectivity index is 1.88. The monoisotopic (exact) mass is 773 g/mol. The number of carbonyl (C=O) groups is 5. The molecule has 0 fully saturated rings. The van der Waals surface area contributed by atoms with E-state index in [4.69, 9.17) is 28.7 Å². The zero-order valence-corrected chi connectivity index (χ0v) is 31.8. The number of primary amides is 1. The largest absolute Gasteiger partial charge is 0.370 e. The molecule has 0 radical (unpaired) electrons. The lowest BCUT2D eigenvalue weighted by atomic mass is 10.00. The van der Waals surface area contributed by atoms with Crippen molar-refractivity contribution in [3.05, 3.63) is 94.2 Å². The number of hydrogen-bond acceptors (Lipinski definition) is 8. The van der Waals surface area contributed by atoms with Crippen LogP contribution in [0, 0.1) is 5.92 Å². The molecular weight excluding hydrogens is 723 g/mol. The number of amides is 5. The lowest BCUT2D eigenvalue weighted by Gasteiger charge is -2.27. The lowest BCUT2D eigenvalue weighted by Crippen LogP contribution is -2.59. The third-order valence-corrected chi connectivity index (χ3v) is 8.96. The number of nitrogens with one attached hydrogen (secondary N) is 4. The van der Waals surface area contributed by atoms with Crippen molar-refractivity contribution in [2.24, 2.45) is 44.6 Å². The summed E-state index contributed by atoms with van der Waals surface area (Å²) in [5, 5.41) is 12.9. The van der Waals surface area contributed by atoms with Gasteiger partial charge in [0, 0.05) is 30.3 Å². The van der Waals surface area contributed by atoms with Crippen LogP contribution in [-0.4, -0.2) is 72.2 Å². The molecule has 0 aliphatic heterocycles. The Morgan fingerprint density at radius 2 is 1.33 bits per heavy atom. The van der Waals surface area contributed by atoms with Crippen LogP contribution in [0.4, 0.5) is 5.69 Å². The number of benzene rings is 2. The van der Waals surface area contributed by atoms with Crippen LogP contribution in [0.15, 0.2) is 88.2 Å². The van der Waals surface area contributed by atoms with E-state index in [0.29, 0.717) is 17.7 Å². The number of nitrogens with zero attached hydrogens (tertiary/aromatic N) is 2. The van der Waals surface area contributed by atoms with Crippen molar-refractivity contribution in [1.29, 1.82) is 0 Å². The van der Waals surface area contributed by atoms with E-state index < -0.39 is 53.7 Å². The number of hydrogen-bond donors (Lipinski definition) is 9. The summed E-state index contributed by atoms with van der Waals surface area (Å²) in [7, 11) is 0. The Bertz CT molecular complexity index is 1810. The zero-order chi connectivity index (χ0) is 40.3. The third kappa shape index (κ3) is 16.1. The van der Waals surface area contributed by atoms with E-state index in [0.717, 1.165) is 10.4 Å². The fourth-order valence-electron chi connectivity index (χ4n) is 5.40. The fourth-order valence-corrected chi connectivity index (χ4v) is 6.16. The van der Waals surface area contributed by atoms with Crippen molar-refractivity contribution in [2.75, 3.05) is 6.54 Å². The second kappa shape index (κ2) is 22.1. The molecule has 16 nitrogen and oxygen atoms in total. The molecule has 1 heterocycles. The second-order valence-corrected chi connectivity index (χ2v) is 14.2. The highest BCUT2D eigenvalue weighted by Crippen LogP contribution is 2.16. The first kappa shape index (κ1) is 43.2. The van der Waals surface area contributed by atoms with Gasteiger partial charge < -0.3 is 49.9 Å². The van der Waals surface area contributed by atoms with Crippen LogP contribution < -0.4 is 49.9 Å². The van der Waals surface area contributed by atoms with Crippen LogP contribution in [0.2, 0.25) is 0 Å². The Morgan fingerprint density at radius 1 is 0.709 bits per heavy atom. The third-order valence-electron chi connectivity index (χ3n) is 8.06. The smallest absolute Gasteiger partial charge is 0.244 e. The maximum atomic E-state index is 14.1. The van der Waals surface area contributed by atoms with Gasteiger partial charge in [0.1, 0.15) is 24.2 Å². The summed E-state index contributed by atoms with van der Waals surface area (Å²) in [6.07, 6.45) is 3.84. The average molecular weight is 774 g/mol. The van der Waals surface area contributed by atoms with Gasteiger partial charge in [0.25, 0.3) is 0 Å². The highest BCUT2D eigenvalue weighted by atomic mass is 32.1. The summed E-state index contributed by atoms with van der Waals surface area (Å²) in [5.41, 5.74) is 29.3. The van der Waals surface area contributed by atoms with Crippen molar-refractivity contribution >= 4 is 64.6 Å². The van der Waals surface area contributed by atoms with Gasteiger partial charge in [-0.1, -0.05) is 62.4 Å². The first-order valence-electron chi connectivity index (χ1n) is 17.7. The molecule has 2 aromatic carbocycles. The normalized spacial score (nSPS) is 13.1. The van der Waals surface area contributed by atoms with E-state index in [2.05, 4.69) is 31.3 Å². The predicted molar refractivity (Wildman–Crippen MR) is 215 cm³/mol. The van der Waals surface area contributed by atoms with Crippen molar-refractivity contribution in [3.63, 3.8) is 0 Å². The molecule has 0 bridgehead atoms. The first-order valence-corrected chi connectivity index (χ1v) is 18.6. The molecule has 0 saturated heterocycles. The average Bonchev–Trinajstić information content (AvgIpc) is 3.65. The minimum Gasteiger partial charge on any atom is -0.370 e. The van der Waals surface area contributed by atoms with E-state index in [-0.39, 0.29) is 50.1 Å². The van der Waals surface area contributed by atoms with E-state index in [1.54, 1.807) is 30.3 Å². The lowest BCUT2D eigenvalue weighted by molar-refractivity contribution is -0.134. The molecule has 0 saturated carbocycles. The summed E-state index contributed by atoms with van der Waals surface area (Å²) >= 11 is 1.42. The molecule has 0 spiro atoms.